The maximum Gasteiger partial charge on any atom is 0.224 e. The Morgan fingerprint density at radius 2 is 2.06 bits per heavy atom. The van der Waals surface area contributed by atoms with Crippen LogP contribution in [-0.4, -0.2) is 49.6 Å². The first kappa shape index (κ1) is 12.8. The number of rotatable bonds is 3. The molecule has 0 radical (unpaired) electrons. The fourth-order valence-electron chi connectivity index (χ4n) is 2.86. The molecule has 0 aliphatic carbocycles. The molecule has 2 N–H and O–H groups in total. The van der Waals surface area contributed by atoms with Gasteiger partial charge in [-0.3, -0.25) is 4.79 Å². The van der Waals surface area contributed by atoms with Crippen molar-refractivity contribution in [2.45, 2.75) is 32.7 Å². The van der Waals surface area contributed by atoms with Crippen molar-refractivity contribution in [1.82, 2.24) is 15.5 Å². The van der Waals surface area contributed by atoms with Crippen LogP contribution in [0.15, 0.2) is 0 Å². The van der Waals surface area contributed by atoms with Crippen molar-refractivity contribution in [3.05, 3.63) is 0 Å². The van der Waals surface area contributed by atoms with Gasteiger partial charge in [0, 0.05) is 25.7 Å². The molecule has 98 valence electrons. The van der Waals surface area contributed by atoms with Crippen LogP contribution in [0, 0.1) is 11.8 Å². The van der Waals surface area contributed by atoms with Crippen LogP contribution in [0.5, 0.6) is 0 Å². The molecule has 17 heavy (non-hydrogen) atoms. The van der Waals surface area contributed by atoms with Gasteiger partial charge in [-0.05, 0) is 31.8 Å². The molecule has 1 amide bonds. The van der Waals surface area contributed by atoms with Crippen LogP contribution in [0.2, 0.25) is 0 Å². The minimum atomic E-state index is 0.180. The molecule has 0 unspecified atom stereocenters. The summed E-state index contributed by atoms with van der Waals surface area (Å²) in [7, 11) is 0. The Labute approximate surface area is 104 Å². The van der Waals surface area contributed by atoms with E-state index in [-0.39, 0.29) is 11.8 Å². The zero-order valence-corrected chi connectivity index (χ0v) is 11.0. The van der Waals surface area contributed by atoms with E-state index in [0.29, 0.717) is 12.0 Å². The molecule has 0 aromatic heterocycles. The summed E-state index contributed by atoms with van der Waals surface area (Å²) in [6.45, 7) is 9.56. The third-order valence-corrected chi connectivity index (χ3v) is 4.24. The van der Waals surface area contributed by atoms with Gasteiger partial charge in [-0.2, -0.15) is 0 Å². The first-order valence-corrected chi connectivity index (χ1v) is 6.94. The monoisotopic (exact) mass is 239 g/mol. The minimum absolute atomic E-state index is 0.180. The van der Waals surface area contributed by atoms with Crippen LogP contribution in [-0.2, 0) is 4.79 Å². The van der Waals surface area contributed by atoms with E-state index in [1.165, 1.54) is 0 Å². The summed E-state index contributed by atoms with van der Waals surface area (Å²) in [6.07, 6.45) is 2.21. The highest BCUT2D eigenvalue weighted by Crippen LogP contribution is 2.17. The van der Waals surface area contributed by atoms with E-state index in [2.05, 4.69) is 29.4 Å². The third-order valence-electron chi connectivity index (χ3n) is 4.24. The highest BCUT2D eigenvalue weighted by atomic mass is 16.2. The molecule has 4 heteroatoms. The largest absolute Gasteiger partial charge is 0.353 e. The SMILES string of the molecule is CCN1CCC(NC(=O)[C@@H]2CNC[C@H]2C)CC1. The maximum absolute atomic E-state index is 12.1. The Morgan fingerprint density at radius 3 is 2.59 bits per heavy atom. The van der Waals surface area contributed by atoms with Gasteiger partial charge in [-0.25, -0.2) is 0 Å². The van der Waals surface area contributed by atoms with E-state index < -0.39 is 0 Å². The van der Waals surface area contributed by atoms with E-state index in [1.807, 2.05) is 0 Å². The van der Waals surface area contributed by atoms with Crippen LogP contribution in [0.3, 0.4) is 0 Å². The number of likely N-dealkylation sites (tertiary alicyclic amines) is 1. The van der Waals surface area contributed by atoms with Crippen molar-refractivity contribution in [1.29, 1.82) is 0 Å². The van der Waals surface area contributed by atoms with Gasteiger partial charge >= 0.3 is 0 Å². The average Bonchev–Trinajstić information content (AvgIpc) is 2.76. The molecule has 2 atom stereocenters. The first-order chi connectivity index (χ1) is 8.20. The Kier molecular flexibility index (Phi) is 4.40. The van der Waals surface area contributed by atoms with E-state index in [4.69, 9.17) is 0 Å². The number of carbonyl (C=O) groups excluding carboxylic acids is 1. The zero-order chi connectivity index (χ0) is 12.3. The molecule has 2 saturated heterocycles. The summed E-state index contributed by atoms with van der Waals surface area (Å²) in [4.78, 5) is 14.6. The van der Waals surface area contributed by atoms with Gasteiger partial charge < -0.3 is 15.5 Å². The van der Waals surface area contributed by atoms with Crippen LogP contribution in [0.25, 0.3) is 0 Å². The molecule has 0 aromatic carbocycles. The van der Waals surface area contributed by atoms with Crippen molar-refractivity contribution in [3.8, 4) is 0 Å². The van der Waals surface area contributed by atoms with Crippen LogP contribution >= 0.6 is 0 Å². The Morgan fingerprint density at radius 1 is 1.35 bits per heavy atom. The number of hydrogen-bond acceptors (Lipinski definition) is 3. The predicted molar refractivity (Wildman–Crippen MR) is 68.8 cm³/mol. The van der Waals surface area contributed by atoms with Crippen molar-refractivity contribution >= 4 is 5.91 Å². The fourth-order valence-corrected chi connectivity index (χ4v) is 2.86. The van der Waals surface area contributed by atoms with Gasteiger partial charge in [0.15, 0.2) is 0 Å². The fraction of sp³-hybridized carbons (Fsp3) is 0.923. The van der Waals surface area contributed by atoms with Crippen LogP contribution < -0.4 is 10.6 Å². The van der Waals surface area contributed by atoms with Gasteiger partial charge in [0.05, 0.1) is 5.92 Å². The summed E-state index contributed by atoms with van der Waals surface area (Å²) in [5.41, 5.74) is 0. The van der Waals surface area contributed by atoms with E-state index in [1.54, 1.807) is 0 Å². The van der Waals surface area contributed by atoms with Gasteiger partial charge in [-0.1, -0.05) is 13.8 Å². The van der Waals surface area contributed by atoms with E-state index in [9.17, 15) is 4.79 Å². The molecule has 0 saturated carbocycles. The van der Waals surface area contributed by atoms with E-state index in [0.717, 1.165) is 45.6 Å². The number of amides is 1. The molecule has 2 aliphatic heterocycles. The molecule has 0 spiro atoms. The van der Waals surface area contributed by atoms with Crippen LogP contribution in [0.4, 0.5) is 0 Å². The summed E-state index contributed by atoms with van der Waals surface area (Å²) < 4.78 is 0. The molecule has 2 aliphatic rings. The van der Waals surface area contributed by atoms with Gasteiger partial charge in [-0.15, -0.1) is 0 Å². The second-order valence-electron chi connectivity index (χ2n) is 5.46. The zero-order valence-electron chi connectivity index (χ0n) is 11.0. The van der Waals surface area contributed by atoms with Crippen molar-refractivity contribution in [2.24, 2.45) is 11.8 Å². The lowest BCUT2D eigenvalue weighted by atomic mass is 9.96. The van der Waals surface area contributed by atoms with Gasteiger partial charge in [0.25, 0.3) is 0 Å². The topological polar surface area (TPSA) is 44.4 Å². The quantitative estimate of drug-likeness (QED) is 0.751. The molecule has 2 fully saturated rings. The molecular formula is C13H25N3O. The lowest BCUT2D eigenvalue weighted by Crippen LogP contribution is -2.47. The van der Waals surface area contributed by atoms with Crippen molar-refractivity contribution in [3.63, 3.8) is 0 Å². The number of nitrogens with one attached hydrogen (secondary N) is 2. The van der Waals surface area contributed by atoms with Crippen LogP contribution in [0.1, 0.15) is 26.7 Å². The predicted octanol–water partition coefficient (Wildman–Crippen LogP) is 0.442. The highest BCUT2D eigenvalue weighted by Gasteiger charge is 2.31. The molecule has 2 heterocycles. The minimum Gasteiger partial charge on any atom is -0.353 e. The third kappa shape index (κ3) is 3.19. The summed E-state index contributed by atoms with van der Waals surface area (Å²) in [5, 5.41) is 6.52. The van der Waals surface area contributed by atoms with Gasteiger partial charge in [0.1, 0.15) is 0 Å². The lowest BCUT2D eigenvalue weighted by Gasteiger charge is -2.32. The maximum atomic E-state index is 12.1. The number of nitrogens with zero attached hydrogens (tertiary/aromatic N) is 1. The first-order valence-electron chi connectivity index (χ1n) is 6.94. The lowest BCUT2D eigenvalue weighted by molar-refractivity contribution is -0.126. The Hall–Kier alpha value is -0.610. The molecule has 2 rings (SSSR count). The van der Waals surface area contributed by atoms with Gasteiger partial charge in [0.2, 0.25) is 5.91 Å². The molecule has 0 bridgehead atoms. The summed E-state index contributed by atoms with van der Waals surface area (Å²) >= 11 is 0. The normalized spacial score (nSPS) is 31.6. The second kappa shape index (κ2) is 5.83. The number of carbonyl (C=O) groups is 1. The standard InChI is InChI=1S/C13H25N3O/c1-3-16-6-4-11(5-7-16)15-13(17)12-9-14-8-10(12)2/h10-12,14H,3-9H2,1-2H3,(H,15,17)/t10-,12-/m1/s1. The van der Waals surface area contributed by atoms with Crippen molar-refractivity contribution in [2.75, 3.05) is 32.7 Å². The number of hydrogen-bond donors (Lipinski definition) is 2. The average molecular weight is 239 g/mol. The summed E-state index contributed by atoms with van der Waals surface area (Å²) in [6, 6.07) is 0.401. The highest BCUT2D eigenvalue weighted by molar-refractivity contribution is 5.79. The number of piperidine rings is 1. The second-order valence-corrected chi connectivity index (χ2v) is 5.46. The molecule has 4 nitrogen and oxygen atoms in total. The Balaban J connectivity index is 1.76. The molecular weight excluding hydrogens is 214 g/mol. The summed E-state index contributed by atoms with van der Waals surface area (Å²) in [5.74, 6) is 0.919. The molecule has 0 aromatic rings. The Bertz CT molecular complexity index is 261. The smallest absolute Gasteiger partial charge is 0.224 e. The van der Waals surface area contributed by atoms with E-state index >= 15 is 0 Å². The van der Waals surface area contributed by atoms with Crippen molar-refractivity contribution < 1.29 is 4.79 Å².